The van der Waals surface area contributed by atoms with Gasteiger partial charge in [0.25, 0.3) is 0 Å². The zero-order valence-corrected chi connectivity index (χ0v) is 16.6. The van der Waals surface area contributed by atoms with Crippen molar-refractivity contribution in [2.75, 3.05) is 46.3 Å². The summed E-state index contributed by atoms with van der Waals surface area (Å²) in [5, 5.41) is 0. The topological polar surface area (TPSA) is 43.9 Å². The van der Waals surface area contributed by atoms with Crippen LogP contribution in [0.5, 0.6) is 0 Å². The monoisotopic (exact) mass is 369 g/mol. The van der Waals surface area contributed by atoms with Crippen molar-refractivity contribution < 1.29 is 9.59 Å². The first-order valence-corrected chi connectivity index (χ1v) is 9.97. The molecule has 5 nitrogen and oxygen atoms in total. The molecule has 0 bridgehead atoms. The van der Waals surface area contributed by atoms with E-state index in [-0.39, 0.29) is 17.2 Å². The van der Waals surface area contributed by atoms with Crippen LogP contribution in [0.3, 0.4) is 0 Å². The predicted octanol–water partition coefficient (Wildman–Crippen LogP) is 2.49. The lowest BCUT2D eigenvalue weighted by Gasteiger charge is -2.39. The third-order valence-corrected chi connectivity index (χ3v) is 5.96. The van der Waals surface area contributed by atoms with Gasteiger partial charge in [-0.15, -0.1) is 0 Å². The fourth-order valence-corrected chi connectivity index (χ4v) is 4.04. The van der Waals surface area contributed by atoms with Crippen LogP contribution in [0.4, 0.5) is 0 Å². The predicted molar refractivity (Wildman–Crippen MR) is 108 cm³/mol. The van der Waals surface area contributed by atoms with E-state index >= 15 is 0 Å². The molecule has 0 aliphatic carbocycles. The van der Waals surface area contributed by atoms with Crippen LogP contribution in [-0.2, 0) is 9.59 Å². The van der Waals surface area contributed by atoms with E-state index in [0.717, 1.165) is 44.6 Å². The van der Waals surface area contributed by atoms with Gasteiger partial charge in [0.2, 0.25) is 11.8 Å². The molecule has 0 aromatic heterocycles. The number of carbonyl (C=O) groups excluding carboxylic acids is 2. The van der Waals surface area contributed by atoms with E-state index in [2.05, 4.69) is 31.2 Å². The van der Waals surface area contributed by atoms with Crippen LogP contribution in [0.1, 0.15) is 31.7 Å². The maximum atomic E-state index is 12.5. The standard InChI is InChI=1S/C22H31N3O2/c1-3-23(2)17-21(27)24-14-11-22(12-15-24)16-20(26)25(18-22)13-7-10-19-8-5-4-6-9-19/h4-10H,3,11-18H2,1-2H3. The van der Waals surface area contributed by atoms with Gasteiger partial charge in [-0.3, -0.25) is 14.5 Å². The summed E-state index contributed by atoms with van der Waals surface area (Å²) in [4.78, 5) is 30.8. The molecule has 0 unspecified atom stereocenters. The Bertz CT molecular complexity index is 678. The molecule has 0 atom stereocenters. The van der Waals surface area contributed by atoms with Crippen molar-refractivity contribution in [1.29, 1.82) is 0 Å². The molecule has 0 N–H and O–H groups in total. The number of nitrogens with zero attached hydrogens (tertiary/aromatic N) is 3. The average molecular weight is 370 g/mol. The Kier molecular flexibility index (Phi) is 6.32. The molecular formula is C22H31N3O2. The summed E-state index contributed by atoms with van der Waals surface area (Å²) >= 11 is 0. The number of carbonyl (C=O) groups is 2. The SMILES string of the molecule is CCN(C)CC(=O)N1CCC2(CC1)CC(=O)N(CC=Cc1ccccc1)C2. The minimum atomic E-state index is 0.0606. The van der Waals surface area contributed by atoms with Crippen molar-refractivity contribution in [3.05, 3.63) is 42.0 Å². The minimum Gasteiger partial charge on any atom is -0.342 e. The second-order valence-electron chi connectivity index (χ2n) is 7.98. The van der Waals surface area contributed by atoms with Crippen molar-refractivity contribution >= 4 is 17.9 Å². The number of hydrogen-bond donors (Lipinski definition) is 0. The number of likely N-dealkylation sites (tertiary alicyclic amines) is 2. The highest BCUT2D eigenvalue weighted by atomic mass is 16.2. The van der Waals surface area contributed by atoms with Crippen LogP contribution < -0.4 is 0 Å². The number of rotatable bonds is 6. The summed E-state index contributed by atoms with van der Waals surface area (Å²) in [5.41, 5.74) is 1.22. The molecule has 27 heavy (non-hydrogen) atoms. The first-order valence-electron chi connectivity index (χ1n) is 9.97. The Morgan fingerprint density at radius 3 is 2.59 bits per heavy atom. The summed E-state index contributed by atoms with van der Waals surface area (Å²) in [7, 11) is 1.97. The maximum Gasteiger partial charge on any atom is 0.236 e. The highest BCUT2D eigenvalue weighted by Gasteiger charge is 2.44. The molecule has 0 radical (unpaired) electrons. The lowest BCUT2D eigenvalue weighted by atomic mass is 9.77. The Labute approximate surface area is 162 Å². The largest absolute Gasteiger partial charge is 0.342 e. The normalized spacial score (nSPS) is 19.6. The molecule has 2 aliphatic rings. The molecule has 2 amide bonds. The Morgan fingerprint density at radius 2 is 1.93 bits per heavy atom. The Morgan fingerprint density at radius 1 is 1.22 bits per heavy atom. The van der Waals surface area contributed by atoms with Crippen molar-refractivity contribution in [2.24, 2.45) is 5.41 Å². The molecule has 2 fully saturated rings. The first kappa shape index (κ1) is 19.6. The second-order valence-corrected chi connectivity index (χ2v) is 7.98. The molecule has 146 valence electrons. The minimum absolute atomic E-state index is 0.0606. The molecule has 1 aromatic carbocycles. The molecule has 1 aromatic rings. The summed E-state index contributed by atoms with van der Waals surface area (Å²) in [5.74, 6) is 0.458. The molecule has 2 heterocycles. The lowest BCUT2D eigenvalue weighted by Crippen LogP contribution is -2.47. The number of benzene rings is 1. The maximum absolute atomic E-state index is 12.5. The van der Waals surface area contributed by atoms with Crippen molar-refractivity contribution in [1.82, 2.24) is 14.7 Å². The fourth-order valence-electron chi connectivity index (χ4n) is 4.04. The molecule has 2 saturated heterocycles. The first-order chi connectivity index (χ1) is 13.0. The third-order valence-electron chi connectivity index (χ3n) is 5.96. The lowest BCUT2D eigenvalue weighted by molar-refractivity contribution is -0.134. The summed E-state index contributed by atoms with van der Waals surface area (Å²) in [6.07, 6.45) is 6.64. The van der Waals surface area contributed by atoms with E-state index in [1.54, 1.807) is 0 Å². The number of hydrogen-bond acceptors (Lipinski definition) is 3. The highest BCUT2D eigenvalue weighted by Crippen LogP contribution is 2.41. The van der Waals surface area contributed by atoms with Gasteiger partial charge in [-0.05, 0) is 32.0 Å². The van der Waals surface area contributed by atoms with Crippen LogP contribution in [0, 0.1) is 5.41 Å². The van der Waals surface area contributed by atoms with Crippen molar-refractivity contribution in [2.45, 2.75) is 26.2 Å². The Balaban J connectivity index is 1.50. The smallest absolute Gasteiger partial charge is 0.236 e. The van der Waals surface area contributed by atoms with E-state index in [9.17, 15) is 9.59 Å². The molecule has 5 heteroatoms. The molecular weight excluding hydrogens is 338 g/mol. The van der Waals surface area contributed by atoms with Crippen LogP contribution in [0.2, 0.25) is 0 Å². The van der Waals surface area contributed by atoms with Gasteiger partial charge in [0, 0.05) is 38.0 Å². The van der Waals surface area contributed by atoms with E-state index in [1.807, 2.05) is 39.9 Å². The van der Waals surface area contributed by atoms with E-state index in [1.165, 1.54) is 0 Å². The van der Waals surface area contributed by atoms with Crippen molar-refractivity contribution in [3.63, 3.8) is 0 Å². The van der Waals surface area contributed by atoms with Crippen LogP contribution in [0.15, 0.2) is 36.4 Å². The highest BCUT2D eigenvalue weighted by molar-refractivity contribution is 5.80. The van der Waals surface area contributed by atoms with Gasteiger partial charge < -0.3 is 9.80 Å². The van der Waals surface area contributed by atoms with Gasteiger partial charge in [-0.2, -0.15) is 0 Å². The summed E-state index contributed by atoms with van der Waals surface area (Å²) in [6, 6.07) is 10.2. The zero-order chi connectivity index (χ0) is 19.3. The van der Waals surface area contributed by atoms with E-state index in [4.69, 9.17) is 0 Å². The molecule has 1 spiro atoms. The van der Waals surface area contributed by atoms with Gasteiger partial charge in [0.15, 0.2) is 0 Å². The third kappa shape index (κ3) is 4.98. The zero-order valence-electron chi connectivity index (χ0n) is 16.6. The van der Waals surface area contributed by atoms with Crippen molar-refractivity contribution in [3.8, 4) is 0 Å². The van der Waals surface area contributed by atoms with Gasteiger partial charge in [0.05, 0.1) is 6.54 Å². The van der Waals surface area contributed by atoms with Gasteiger partial charge >= 0.3 is 0 Å². The van der Waals surface area contributed by atoms with Crippen LogP contribution in [0.25, 0.3) is 6.08 Å². The molecule has 0 saturated carbocycles. The molecule has 3 rings (SSSR count). The number of amides is 2. The van der Waals surface area contributed by atoms with Gasteiger partial charge in [-0.25, -0.2) is 0 Å². The average Bonchev–Trinajstić information content (AvgIpc) is 2.98. The number of likely N-dealkylation sites (N-methyl/N-ethyl adjacent to an activating group) is 1. The van der Waals surface area contributed by atoms with Gasteiger partial charge in [-0.1, -0.05) is 49.4 Å². The second kappa shape index (κ2) is 8.70. The number of piperidine rings is 1. The quantitative estimate of drug-likeness (QED) is 0.774. The Hall–Kier alpha value is -2.14. The fraction of sp³-hybridized carbons (Fsp3) is 0.545. The summed E-state index contributed by atoms with van der Waals surface area (Å²) < 4.78 is 0. The van der Waals surface area contributed by atoms with E-state index in [0.29, 0.717) is 19.5 Å². The van der Waals surface area contributed by atoms with Gasteiger partial charge in [0.1, 0.15) is 0 Å². The van der Waals surface area contributed by atoms with E-state index < -0.39 is 0 Å². The van der Waals surface area contributed by atoms with Crippen LogP contribution >= 0.6 is 0 Å². The summed E-state index contributed by atoms with van der Waals surface area (Å²) in [6.45, 7) is 6.46. The van der Waals surface area contributed by atoms with Crippen LogP contribution in [-0.4, -0.2) is 72.8 Å². The molecule has 2 aliphatic heterocycles.